The zero-order chi connectivity index (χ0) is 29.4. The molecule has 2 N–H and O–H groups in total. The number of fused-ring (bicyclic) bond motifs is 9. The van der Waals surface area contributed by atoms with Gasteiger partial charge in [-0.1, -0.05) is 60.7 Å². The molecule has 2 unspecified atom stereocenters. The quantitative estimate of drug-likeness (QED) is 0.230. The molecule has 44 heavy (non-hydrogen) atoms. The summed E-state index contributed by atoms with van der Waals surface area (Å²) in [5.41, 5.74) is 7.87. The molecule has 0 bridgehead atoms. The second kappa shape index (κ2) is 8.99. The van der Waals surface area contributed by atoms with E-state index in [1.807, 2.05) is 78.9 Å². The number of hydrogen-bond donors (Lipinski definition) is 2. The van der Waals surface area contributed by atoms with Crippen LogP contribution in [0.4, 0.5) is 11.4 Å². The first kappa shape index (κ1) is 24.1. The Morgan fingerprint density at radius 2 is 1.36 bits per heavy atom. The molecule has 2 atom stereocenters. The first-order chi connectivity index (χ1) is 21.8. The number of allylic oxidation sites excluding steroid dienone is 2. The second-order valence-electron chi connectivity index (χ2n) is 10.6. The van der Waals surface area contributed by atoms with Gasteiger partial charge in [-0.15, -0.1) is 0 Å². The number of para-hydroxylation sites is 2. The fourth-order valence-corrected chi connectivity index (χ4v) is 6.50. The highest BCUT2D eigenvalue weighted by Gasteiger charge is 2.39. The molecule has 1 aliphatic carbocycles. The zero-order valence-electron chi connectivity index (χ0n) is 22.9. The molecule has 0 fully saturated rings. The van der Waals surface area contributed by atoms with E-state index in [2.05, 4.69) is 37.0 Å². The Hall–Kier alpha value is -6.52. The van der Waals surface area contributed by atoms with E-state index in [1.165, 1.54) is 0 Å². The first-order valence-electron chi connectivity index (χ1n) is 14.0. The normalized spacial score (nSPS) is 17.0. The Balaban J connectivity index is 1.52. The summed E-state index contributed by atoms with van der Waals surface area (Å²) in [6.45, 7) is 0. The number of H-pyrrole nitrogens is 2. The summed E-state index contributed by atoms with van der Waals surface area (Å²) >= 11 is 0. The van der Waals surface area contributed by atoms with Crippen LogP contribution in [0.1, 0.15) is 11.1 Å². The SMILES string of the molecule is N#Cc1c(C#N)c(N2c3ccccc3OC3C=CC=CC32)c2nc3c(nc2c1-c1ccccc1)c1[nH]cnc1c1nc[nH]c13. The molecular weight excluding hydrogens is 550 g/mol. The lowest BCUT2D eigenvalue weighted by molar-refractivity contribution is 0.218. The third kappa shape index (κ3) is 3.16. The minimum absolute atomic E-state index is 0.217. The van der Waals surface area contributed by atoms with Gasteiger partial charge in [-0.05, 0) is 23.8 Å². The number of aromatic nitrogens is 6. The van der Waals surface area contributed by atoms with Gasteiger partial charge >= 0.3 is 0 Å². The Kier molecular flexibility index (Phi) is 4.93. The molecule has 0 spiro atoms. The number of hydrogen-bond acceptors (Lipinski definition) is 8. The molecule has 0 saturated carbocycles. The molecule has 2 aliphatic rings. The third-order valence-electron chi connectivity index (χ3n) is 8.34. The van der Waals surface area contributed by atoms with E-state index < -0.39 is 0 Å². The van der Waals surface area contributed by atoms with Crippen LogP contribution < -0.4 is 9.64 Å². The van der Waals surface area contributed by atoms with Crippen molar-refractivity contribution in [3.63, 3.8) is 0 Å². The first-order valence-corrected chi connectivity index (χ1v) is 14.0. The largest absolute Gasteiger partial charge is 0.482 e. The van der Waals surface area contributed by atoms with Crippen LogP contribution in [0.2, 0.25) is 0 Å². The number of nitriles is 2. The van der Waals surface area contributed by atoms with Gasteiger partial charge in [0.25, 0.3) is 0 Å². The zero-order valence-corrected chi connectivity index (χ0v) is 22.9. The van der Waals surface area contributed by atoms with Crippen LogP contribution in [0.3, 0.4) is 0 Å². The third-order valence-corrected chi connectivity index (χ3v) is 8.34. The molecule has 0 radical (unpaired) electrons. The van der Waals surface area contributed by atoms with E-state index in [0.717, 1.165) is 11.3 Å². The standard InChI is InChI=1S/C34H19N9O/c35-14-19-20(15-36)34(43-21-10-4-6-12-23(21)44-24-13-7-5-11-22(24)43)33-26(25(19)18-8-2-1-3-9-18)41-31-29-27(37-16-39-29)28-30(32(31)42-33)40-17-38-28/h1-13,16-17,21,23H,(H,37,39)(H,38,40). The van der Waals surface area contributed by atoms with Crippen molar-refractivity contribution < 1.29 is 4.74 Å². The van der Waals surface area contributed by atoms with E-state index in [0.29, 0.717) is 61.1 Å². The van der Waals surface area contributed by atoms with Crippen LogP contribution in [0.15, 0.2) is 91.6 Å². The van der Waals surface area contributed by atoms with Crippen molar-refractivity contribution in [3.8, 4) is 29.0 Å². The topological polar surface area (TPSA) is 143 Å². The fourth-order valence-electron chi connectivity index (χ4n) is 6.50. The van der Waals surface area contributed by atoms with Gasteiger partial charge in [0.1, 0.15) is 57.1 Å². The molecule has 3 aromatic heterocycles. The van der Waals surface area contributed by atoms with Gasteiger partial charge in [0.05, 0.1) is 52.2 Å². The predicted octanol–water partition coefficient (Wildman–Crippen LogP) is 6.34. The Labute approximate surface area is 249 Å². The van der Waals surface area contributed by atoms with Gasteiger partial charge < -0.3 is 19.6 Å². The molecule has 10 heteroatoms. The molecular formula is C34H19N9O. The van der Waals surface area contributed by atoms with Crippen LogP contribution in [0.5, 0.6) is 5.75 Å². The molecule has 0 saturated heterocycles. The smallest absolute Gasteiger partial charge is 0.144 e. The van der Waals surface area contributed by atoms with Gasteiger partial charge in [-0.2, -0.15) is 10.5 Å². The van der Waals surface area contributed by atoms with Crippen molar-refractivity contribution in [2.24, 2.45) is 0 Å². The summed E-state index contributed by atoms with van der Waals surface area (Å²) in [6, 6.07) is 21.7. The maximum atomic E-state index is 10.8. The molecule has 4 heterocycles. The lowest BCUT2D eigenvalue weighted by Gasteiger charge is -2.42. The van der Waals surface area contributed by atoms with E-state index in [9.17, 15) is 10.5 Å². The van der Waals surface area contributed by atoms with Crippen molar-refractivity contribution >= 4 is 55.5 Å². The molecule has 4 aromatic carbocycles. The monoisotopic (exact) mass is 569 g/mol. The van der Waals surface area contributed by atoms with Gasteiger partial charge in [0.15, 0.2) is 0 Å². The summed E-state index contributed by atoms with van der Waals surface area (Å²) in [7, 11) is 0. The summed E-state index contributed by atoms with van der Waals surface area (Å²) in [6.07, 6.45) is 10.9. The van der Waals surface area contributed by atoms with Crippen LogP contribution in [0.25, 0.3) is 55.3 Å². The van der Waals surface area contributed by atoms with E-state index in [4.69, 9.17) is 14.7 Å². The molecule has 7 aromatic rings. The summed E-state index contributed by atoms with van der Waals surface area (Å²) in [5.74, 6) is 0.667. The predicted molar refractivity (Wildman–Crippen MR) is 166 cm³/mol. The number of nitrogens with zero attached hydrogens (tertiary/aromatic N) is 7. The highest BCUT2D eigenvalue weighted by Crippen LogP contribution is 2.49. The molecule has 0 amide bonds. The fraction of sp³-hybridized carbons (Fsp3) is 0.0588. The summed E-state index contributed by atoms with van der Waals surface area (Å²) < 4.78 is 6.39. The number of nitrogens with one attached hydrogen (secondary N) is 2. The Morgan fingerprint density at radius 3 is 2.09 bits per heavy atom. The van der Waals surface area contributed by atoms with Crippen molar-refractivity contribution in [1.82, 2.24) is 29.9 Å². The average Bonchev–Trinajstić information content (AvgIpc) is 3.77. The minimum atomic E-state index is -0.326. The Bertz CT molecular complexity index is 2480. The molecule has 1 aliphatic heterocycles. The molecule has 206 valence electrons. The van der Waals surface area contributed by atoms with Crippen molar-refractivity contribution in [2.75, 3.05) is 4.90 Å². The van der Waals surface area contributed by atoms with E-state index in [-0.39, 0.29) is 23.3 Å². The maximum absolute atomic E-state index is 10.8. The van der Waals surface area contributed by atoms with Crippen LogP contribution in [-0.4, -0.2) is 42.0 Å². The number of ether oxygens (including phenoxy) is 1. The van der Waals surface area contributed by atoms with Crippen molar-refractivity contribution in [1.29, 1.82) is 10.5 Å². The maximum Gasteiger partial charge on any atom is 0.144 e. The van der Waals surface area contributed by atoms with Gasteiger partial charge in [0.2, 0.25) is 0 Å². The van der Waals surface area contributed by atoms with Crippen LogP contribution >= 0.6 is 0 Å². The number of rotatable bonds is 2. The number of anilines is 2. The van der Waals surface area contributed by atoms with E-state index in [1.54, 1.807) is 12.7 Å². The van der Waals surface area contributed by atoms with Gasteiger partial charge in [-0.3, -0.25) is 0 Å². The highest BCUT2D eigenvalue weighted by molar-refractivity contribution is 6.20. The summed E-state index contributed by atoms with van der Waals surface area (Å²) in [5, 5.41) is 21.6. The number of imidazole rings is 2. The Morgan fingerprint density at radius 1 is 0.705 bits per heavy atom. The highest BCUT2D eigenvalue weighted by atomic mass is 16.5. The lowest BCUT2D eigenvalue weighted by Crippen LogP contribution is -2.46. The molecule has 9 rings (SSSR count). The average molecular weight is 570 g/mol. The number of aromatic amines is 2. The van der Waals surface area contributed by atoms with Crippen LogP contribution in [-0.2, 0) is 0 Å². The number of benzene rings is 4. The summed E-state index contributed by atoms with van der Waals surface area (Å²) in [4.78, 5) is 28.1. The second-order valence-corrected chi connectivity index (χ2v) is 10.6. The minimum Gasteiger partial charge on any atom is -0.482 e. The van der Waals surface area contributed by atoms with Crippen molar-refractivity contribution in [2.45, 2.75) is 12.1 Å². The van der Waals surface area contributed by atoms with E-state index >= 15 is 0 Å². The van der Waals surface area contributed by atoms with Crippen LogP contribution in [0, 0.1) is 22.7 Å². The lowest BCUT2D eigenvalue weighted by atomic mass is 9.90. The van der Waals surface area contributed by atoms with Crippen molar-refractivity contribution in [3.05, 3.63) is 103 Å². The van der Waals surface area contributed by atoms with Gasteiger partial charge in [0, 0.05) is 5.56 Å². The van der Waals surface area contributed by atoms with Gasteiger partial charge in [-0.25, -0.2) is 19.9 Å². The molecule has 10 nitrogen and oxygen atoms in total.